The molecule has 0 N–H and O–H groups in total. The maximum Gasteiger partial charge on any atom is 0.361 e. The number of hydrogen-bond donors (Lipinski definition) is 0. The Hall–Kier alpha value is -4.31. The van der Waals surface area contributed by atoms with E-state index in [2.05, 4.69) is 41.5 Å². The highest BCUT2D eigenvalue weighted by molar-refractivity contribution is 5.71. The third-order valence-electron chi connectivity index (χ3n) is 7.67. The van der Waals surface area contributed by atoms with Gasteiger partial charge in [-0.05, 0) is 60.9 Å². The predicted molar refractivity (Wildman–Crippen MR) is 172 cm³/mol. The minimum absolute atomic E-state index is 0.186. The van der Waals surface area contributed by atoms with Gasteiger partial charge in [0, 0.05) is 16.7 Å². The topological polar surface area (TPSA) is 54.7 Å². The summed E-state index contributed by atoms with van der Waals surface area (Å²) in [5.41, 5.74) is 3.92. The van der Waals surface area contributed by atoms with E-state index >= 15 is 0 Å². The molecule has 0 amide bonds. The van der Waals surface area contributed by atoms with Crippen LogP contribution in [-0.4, -0.2) is 0 Å². The standard InChI is InChI=1S/C38H39O4/c1-23-13-9-11-15-27(23)31-19-25(20-32(41-31)28-16-12-10-14-24(28)2)17-29-35(39)30(36(29)40)18-26-21-33(37(3,4)5)42-34(22-26)38(6,7)8/h9-22,26H,1-8H3/q+1. The third kappa shape index (κ3) is 5.85. The second kappa shape index (κ2) is 10.8. The molecule has 0 atom stereocenters. The van der Waals surface area contributed by atoms with Gasteiger partial charge >= 0.3 is 11.5 Å². The van der Waals surface area contributed by atoms with Gasteiger partial charge in [0.1, 0.15) is 11.5 Å². The molecule has 4 nitrogen and oxygen atoms in total. The van der Waals surface area contributed by atoms with E-state index < -0.39 is 0 Å². The lowest BCUT2D eigenvalue weighted by Gasteiger charge is -2.33. The van der Waals surface area contributed by atoms with E-state index in [4.69, 9.17) is 9.15 Å². The Bertz CT molecular complexity index is 1810. The zero-order chi connectivity index (χ0) is 30.4. The van der Waals surface area contributed by atoms with Crippen molar-refractivity contribution in [2.45, 2.75) is 55.4 Å². The van der Waals surface area contributed by atoms with Crippen molar-refractivity contribution in [3.63, 3.8) is 0 Å². The molecule has 1 aromatic heterocycles. The highest BCUT2D eigenvalue weighted by atomic mass is 16.5. The summed E-state index contributed by atoms with van der Waals surface area (Å²) in [7, 11) is 0. The van der Waals surface area contributed by atoms with Gasteiger partial charge in [0.2, 0.25) is 10.9 Å². The van der Waals surface area contributed by atoms with Crippen LogP contribution in [0.3, 0.4) is 0 Å². The molecule has 5 rings (SSSR count). The Balaban J connectivity index is 1.63. The van der Waals surface area contributed by atoms with Gasteiger partial charge in [-0.3, -0.25) is 9.59 Å². The summed E-state index contributed by atoms with van der Waals surface area (Å²) < 4.78 is 12.6. The van der Waals surface area contributed by atoms with Crippen LogP contribution in [0.25, 0.3) is 34.8 Å². The van der Waals surface area contributed by atoms with E-state index in [1.807, 2.05) is 86.7 Å². The summed E-state index contributed by atoms with van der Waals surface area (Å²) >= 11 is 0. The fraction of sp³-hybridized carbons (Fsp3) is 0.289. The molecule has 214 valence electrons. The number of allylic oxidation sites excluding steroid dienone is 4. The largest absolute Gasteiger partial charge is 0.466 e. The molecule has 1 aliphatic heterocycles. The first-order chi connectivity index (χ1) is 19.7. The predicted octanol–water partition coefficient (Wildman–Crippen LogP) is 7.22. The first kappa shape index (κ1) is 29.2. The van der Waals surface area contributed by atoms with Crippen molar-refractivity contribution in [2.24, 2.45) is 16.7 Å². The highest BCUT2D eigenvalue weighted by Crippen LogP contribution is 2.39. The summed E-state index contributed by atoms with van der Waals surface area (Å²) in [6.07, 6.45) is 7.48. The van der Waals surface area contributed by atoms with Crippen molar-refractivity contribution in [3.05, 3.63) is 132 Å². The van der Waals surface area contributed by atoms with Crippen LogP contribution in [0.4, 0.5) is 0 Å². The summed E-state index contributed by atoms with van der Waals surface area (Å²) in [6.45, 7) is 16.6. The van der Waals surface area contributed by atoms with Crippen LogP contribution >= 0.6 is 0 Å². The Labute approximate surface area is 247 Å². The molecule has 0 saturated carbocycles. The lowest BCUT2D eigenvalue weighted by Crippen LogP contribution is -2.64. The summed E-state index contributed by atoms with van der Waals surface area (Å²) in [5.74, 6) is 2.83. The molecule has 4 heteroatoms. The van der Waals surface area contributed by atoms with Crippen molar-refractivity contribution in [1.29, 1.82) is 0 Å². The second-order valence-corrected chi connectivity index (χ2v) is 13.3. The van der Waals surface area contributed by atoms with Crippen LogP contribution < -0.4 is 21.3 Å². The first-order valence-corrected chi connectivity index (χ1v) is 14.5. The summed E-state index contributed by atoms with van der Waals surface area (Å²) in [6, 6.07) is 19.8. The SMILES string of the molecule is Cc1ccccc1-c1cc(C=c2c(=O)c(=CC3C=C(C(C)(C)C)OC(C(C)(C)C)=C3)c2=O)cc(-c2ccccc2C)[o+]1. The fourth-order valence-corrected chi connectivity index (χ4v) is 5.13. The van der Waals surface area contributed by atoms with Gasteiger partial charge in [-0.15, -0.1) is 0 Å². The van der Waals surface area contributed by atoms with Crippen molar-refractivity contribution in [2.75, 3.05) is 0 Å². The van der Waals surface area contributed by atoms with Crippen molar-refractivity contribution in [3.8, 4) is 22.6 Å². The van der Waals surface area contributed by atoms with Crippen LogP contribution in [0.1, 0.15) is 58.2 Å². The van der Waals surface area contributed by atoms with Crippen molar-refractivity contribution >= 4 is 12.2 Å². The van der Waals surface area contributed by atoms with Crippen LogP contribution in [-0.2, 0) is 4.74 Å². The van der Waals surface area contributed by atoms with E-state index in [0.29, 0.717) is 11.5 Å². The van der Waals surface area contributed by atoms with Crippen molar-refractivity contribution < 1.29 is 9.15 Å². The number of aryl methyl sites for hydroxylation is 2. The van der Waals surface area contributed by atoms with Crippen LogP contribution in [0, 0.1) is 30.6 Å². The molecular formula is C38H39O4+. The Kier molecular flexibility index (Phi) is 7.53. The van der Waals surface area contributed by atoms with Crippen LogP contribution in [0.2, 0.25) is 0 Å². The number of rotatable bonds is 4. The third-order valence-corrected chi connectivity index (χ3v) is 7.67. The van der Waals surface area contributed by atoms with Gasteiger partial charge in [-0.2, -0.15) is 0 Å². The van der Waals surface area contributed by atoms with Gasteiger partial charge < -0.3 is 4.74 Å². The van der Waals surface area contributed by atoms with Gasteiger partial charge in [-0.25, -0.2) is 4.42 Å². The monoisotopic (exact) mass is 559 g/mol. The van der Waals surface area contributed by atoms with Gasteiger partial charge in [-0.1, -0.05) is 84.0 Å². The van der Waals surface area contributed by atoms with Gasteiger partial charge in [0.15, 0.2) is 0 Å². The van der Waals surface area contributed by atoms with E-state index in [0.717, 1.165) is 39.3 Å². The lowest BCUT2D eigenvalue weighted by atomic mass is 9.85. The first-order valence-electron chi connectivity index (χ1n) is 14.5. The van der Waals surface area contributed by atoms with E-state index in [1.54, 1.807) is 12.2 Å². The number of ether oxygens (including phenoxy) is 1. The highest BCUT2D eigenvalue weighted by Gasteiger charge is 2.30. The Morgan fingerprint density at radius 2 is 1.14 bits per heavy atom. The molecule has 0 unspecified atom stereocenters. The molecule has 0 aliphatic carbocycles. The van der Waals surface area contributed by atoms with Gasteiger partial charge in [0.05, 0.1) is 33.7 Å². The minimum atomic E-state index is -0.237. The lowest BCUT2D eigenvalue weighted by molar-refractivity contribution is 0.155. The van der Waals surface area contributed by atoms with Crippen LogP contribution in [0.5, 0.6) is 0 Å². The minimum Gasteiger partial charge on any atom is -0.466 e. The molecule has 0 saturated heterocycles. The van der Waals surface area contributed by atoms with E-state index in [9.17, 15) is 9.59 Å². The molecule has 0 radical (unpaired) electrons. The van der Waals surface area contributed by atoms with Crippen LogP contribution in [0.15, 0.2) is 98.3 Å². The molecule has 0 fully saturated rings. The average Bonchev–Trinajstić information content (AvgIpc) is 2.93. The zero-order valence-electron chi connectivity index (χ0n) is 25.8. The molecule has 4 aromatic rings. The Morgan fingerprint density at radius 1 is 0.690 bits per heavy atom. The maximum atomic E-state index is 13.4. The van der Waals surface area contributed by atoms with E-state index in [-0.39, 0.29) is 38.0 Å². The number of hydrogen-bond acceptors (Lipinski definition) is 3. The summed E-state index contributed by atoms with van der Waals surface area (Å²) in [5, 5.41) is 0.409. The molecule has 0 bridgehead atoms. The van der Waals surface area contributed by atoms with Gasteiger partial charge in [0.25, 0.3) is 0 Å². The molecule has 42 heavy (non-hydrogen) atoms. The molecule has 1 aliphatic rings. The zero-order valence-corrected chi connectivity index (χ0v) is 25.8. The quantitative estimate of drug-likeness (QED) is 0.248. The molecule has 0 spiro atoms. The fourth-order valence-electron chi connectivity index (χ4n) is 5.13. The molecule has 2 heterocycles. The second-order valence-electron chi connectivity index (χ2n) is 13.3. The molecule has 3 aromatic carbocycles. The average molecular weight is 560 g/mol. The summed E-state index contributed by atoms with van der Waals surface area (Å²) in [4.78, 5) is 26.7. The van der Waals surface area contributed by atoms with E-state index in [1.165, 1.54) is 0 Å². The number of benzene rings is 2. The van der Waals surface area contributed by atoms with Crippen molar-refractivity contribution in [1.82, 2.24) is 0 Å². The Morgan fingerprint density at radius 3 is 1.57 bits per heavy atom. The maximum absolute atomic E-state index is 13.4. The normalized spacial score (nSPS) is 14.3. The smallest absolute Gasteiger partial charge is 0.361 e. The molecular weight excluding hydrogens is 520 g/mol.